The first-order chi connectivity index (χ1) is 9.73. The largest absolute Gasteiger partial charge is 0.497 e. The Morgan fingerprint density at radius 1 is 1.05 bits per heavy atom. The molecule has 2 aromatic carbocycles. The van der Waals surface area contributed by atoms with E-state index in [1.54, 1.807) is 13.2 Å². The molecule has 3 nitrogen and oxygen atoms in total. The molecule has 0 aliphatic carbocycles. The van der Waals surface area contributed by atoms with Crippen LogP contribution in [0.3, 0.4) is 0 Å². The Balaban J connectivity index is 2.65. The summed E-state index contributed by atoms with van der Waals surface area (Å²) in [5, 5.41) is 18.4. The third-order valence-electron chi connectivity index (χ3n) is 3.23. The maximum Gasteiger partial charge on any atom is 0.118 e. The van der Waals surface area contributed by atoms with Crippen molar-refractivity contribution >= 4 is 0 Å². The monoisotopic (exact) mass is 262 g/mol. The molecule has 0 bridgehead atoms. The van der Waals surface area contributed by atoms with Crippen LogP contribution in [0.25, 0.3) is 11.1 Å². The normalized spacial score (nSPS) is 9.60. The predicted molar refractivity (Wildman–Crippen MR) is 77.2 cm³/mol. The molecule has 2 aromatic rings. The first-order valence-corrected chi connectivity index (χ1v) is 6.35. The van der Waals surface area contributed by atoms with Crippen molar-refractivity contribution in [3.63, 3.8) is 0 Å². The number of rotatable bonds is 3. The van der Waals surface area contributed by atoms with E-state index in [0.29, 0.717) is 11.1 Å². The molecule has 0 fully saturated rings. The van der Waals surface area contributed by atoms with Gasteiger partial charge in [0.1, 0.15) is 5.75 Å². The molecule has 0 aliphatic heterocycles. The third-order valence-corrected chi connectivity index (χ3v) is 3.23. The van der Waals surface area contributed by atoms with E-state index in [1.165, 1.54) is 0 Å². The molecule has 2 rings (SSSR count). The molecular formula is C17H14N2O. The molecule has 0 saturated heterocycles. The smallest absolute Gasteiger partial charge is 0.118 e. The summed E-state index contributed by atoms with van der Waals surface area (Å²) in [4.78, 5) is 0. The Bertz CT molecular complexity index is 703. The number of nitriles is 2. The minimum absolute atomic E-state index is 0.524. The zero-order valence-electron chi connectivity index (χ0n) is 11.5. The molecule has 0 spiro atoms. The van der Waals surface area contributed by atoms with Gasteiger partial charge in [0, 0.05) is 5.56 Å². The van der Waals surface area contributed by atoms with Crippen molar-refractivity contribution in [2.24, 2.45) is 0 Å². The van der Waals surface area contributed by atoms with Crippen LogP contribution in [0.5, 0.6) is 5.75 Å². The second-order valence-corrected chi connectivity index (χ2v) is 4.36. The van der Waals surface area contributed by atoms with E-state index >= 15 is 0 Å². The third kappa shape index (κ3) is 2.48. The van der Waals surface area contributed by atoms with Gasteiger partial charge in [0.05, 0.1) is 30.4 Å². The van der Waals surface area contributed by atoms with Gasteiger partial charge in [0.25, 0.3) is 0 Å². The zero-order chi connectivity index (χ0) is 14.5. The van der Waals surface area contributed by atoms with Gasteiger partial charge in [-0.25, -0.2) is 0 Å². The zero-order valence-corrected chi connectivity index (χ0v) is 11.5. The lowest BCUT2D eigenvalue weighted by Gasteiger charge is -2.11. The summed E-state index contributed by atoms with van der Waals surface area (Å²) in [5.74, 6) is 0.777. The van der Waals surface area contributed by atoms with Gasteiger partial charge in [-0.1, -0.05) is 19.1 Å². The lowest BCUT2D eigenvalue weighted by Crippen LogP contribution is -1.95. The van der Waals surface area contributed by atoms with Crippen LogP contribution in [-0.2, 0) is 6.42 Å². The van der Waals surface area contributed by atoms with Crippen molar-refractivity contribution in [1.82, 2.24) is 0 Å². The van der Waals surface area contributed by atoms with Gasteiger partial charge < -0.3 is 4.74 Å². The molecule has 0 amide bonds. The van der Waals surface area contributed by atoms with Crippen molar-refractivity contribution in [2.75, 3.05) is 7.11 Å². The summed E-state index contributed by atoms with van der Waals surface area (Å²) in [7, 11) is 1.62. The standard InChI is InChI=1S/C17H14N2O/c1-3-13-8-12(10-18)9-15(11-19)17(13)14-4-6-16(20-2)7-5-14/h4-9H,3H2,1-2H3. The van der Waals surface area contributed by atoms with E-state index in [0.717, 1.165) is 28.9 Å². The maximum atomic E-state index is 9.34. The predicted octanol–water partition coefficient (Wildman–Crippen LogP) is 3.67. The van der Waals surface area contributed by atoms with Crippen LogP contribution in [0.4, 0.5) is 0 Å². The molecule has 3 heteroatoms. The van der Waals surface area contributed by atoms with Crippen LogP contribution in [-0.4, -0.2) is 7.11 Å². The van der Waals surface area contributed by atoms with Gasteiger partial charge >= 0.3 is 0 Å². The Morgan fingerprint density at radius 2 is 1.75 bits per heavy atom. The number of aryl methyl sites for hydroxylation is 1. The Labute approximate surface area is 118 Å². The van der Waals surface area contributed by atoms with Gasteiger partial charge in [-0.15, -0.1) is 0 Å². The minimum Gasteiger partial charge on any atom is -0.497 e. The molecule has 0 radical (unpaired) electrons. The van der Waals surface area contributed by atoms with Crippen molar-refractivity contribution in [3.05, 3.63) is 53.1 Å². The van der Waals surface area contributed by atoms with E-state index in [1.807, 2.05) is 37.3 Å². The Hall–Kier alpha value is -2.78. The highest BCUT2D eigenvalue weighted by molar-refractivity contribution is 5.75. The fraction of sp³-hybridized carbons (Fsp3) is 0.176. The van der Waals surface area contributed by atoms with Crippen molar-refractivity contribution in [2.45, 2.75) is 13.3 Å². The van der Waals surface area contributed by atoms with Crippen molar-refractivity contribution in [1.29, 1.82) is 10.5 Å². The fourth-order valence-corrected chi connectivity index (χ4v) is 2.23. The highest BCUT2D eigenvalue weighted by Gasteiger charge is 2.12. The molecule has 0 unspecified atom stereocenters. The highest BCUT2D eigenvalue weighted by Crippen LogP contribution is 2.30. The second-order valence-electron chi connectivity index (χ2n) is 4.36. The summed E-state index contributed by atoms with van der Waals surface area (Å²) in [6.07, 6.45) is 0.769. The molecule has 0 aromatic heterocycles. The summed E-state index contributed by atoms with van der Waals surface area (Å²) in [6, 6.07) is 15.4. The first kappa shape index (κ1) is 13.6. The van der Waals surface area contributed by atoms with Crippen LogP contribution in [0.2, 0.25) is 0 Å². The van der Waals surface area contributed by atoms with Crippen LogP contribution < -0.4 is 4.74 Å². The molecule has 0 heterocycles. The van der Waals surface area contributed by atoms with E-state index in [9.17, 15) is 5.26 Å². The number of hydrogen-bond acceptors (Lipinski definition) is 3. The Kier molecular flexibility index (Phi) is 4.03. The summed E-state index contributed by atoms with van der Waals surface area (Å²) < 4.78 is 5.15. The van der Waals surface area contributed by atoms with Crippen LogP contribution in [0, 0.1) is 22.7 Å². The molecule has 0 atom stereocenters. The van der Waals surface area contributed by atoms with Gasteiger partial charge in [-0.3, -0.25) is 0 Å². The van der Waals surface area contributed by atoms with E-state index in [-0.39, 0.29) is 0 Å². The molecule has 98 valence electrons. The summed E-state index contributed by atoms with van der Waals surface area (Å²) in [6.45, 7) is 2.02. The van der Waals surface area contributed by atoms with E-state index in [4.69, 9.17) is 10.00 Å². The molecule has 0 aliphatic rings. The van der Waals surface area contributed by atoms with Crippen molar-refractivity contribution < 1.29 is 4.74 Å². The average Bonchev–Trinajstić information content (AvgIpc) is 2.53. The maximum absolute atomic E-state index is 9.34. The number of hydrogen-bond donors (Lipinski definition) is 0. The molecular weight excluding hydrogens is 248 g/mol. The summed E-state index contributed by atoms with van der Waals surface area (Å²) >= 11 is 0. The number of benzene rings is 2. The van der Waals surface area contributed by atoms with Crippen LogP contribution >= 0.6 is 0 Å². The van der Waals surface area contributed by atoms with E-state index in [2.05, 4.69) is 12.1 Å². The molecule has 0 N–H and O–H groups in total. The SMILES string of the molecule is CCc1cc(C#N)cc(C#N)c1-c1ccc(OC)cc1. The van der Waals surface area contributed by atoms with Crippen LogP contribution in [0.1, 0.15) is 23.6 Å². The van der Waals surface area contributed by atoms with Gasteiger partial charge in [0.2, 0.25) is 0 Å². The highest BCUT2D eigenvalue weighted by atomic mass is 16.5. The lowest BCUT2D eigenvalue weighted by molar-refractivity contribution is 0.415. The summed E-state index contributed by atoms with van der Waals surface area (Å²) in [5.41, 5.74) is 3.92. The first-order valence-electron chi connectivity index (χ1n) is 6.35. The van der Waals surface area contributed by atoms with Gasteiger partial charge in [-0.05, 0) is 41.8 Å². The minimum atomic E-state index is 0.524. The van der Waals surface area contributed by atoms with Gasteiger partial charge in [0.15, 0.2) is 0 Å². The van der Waals surface area contributed by atoms with Crippen LogP contribution in [0.15, 0.2) is 36.4 Å². The number of nitrogens with zero attached hydrogens (tertiary/aromatic N) is 2. The fourth-order valence-electron chi connectivity index (χ4n) is 2.23. The van der Waals surface area contributed by atoms with E-state index < -0.39 is 0 Å². The average molecular weight is 262 g/mol. The number of methoxy groups -OCH3 is 1. The van der Waals surface area contributed by atoms with Gasteiger partial charge in [-0.2, -0.15) is 10.5 Å². The molecule has 0 saturated carbocycles. The second kappa shape index (κ2) is 5.91. The topological polar surface area (TPSA) is 56.8 Å². The lowest BCUT2D eigenvalue weighted by atomic mass is 9.91. The number of ether oxygens (including phenoxy) is 1. The quantitative estimate of drug-likeness (QED) is 0.848. The molecule has 20 heavy (non-hydrogen) atoms. The Morgan fingerprint density at radius 3 is 2.25 bits per heavy atom. The van der Waals surface area contributed by atoms with Crippen molar-refractivity contribution in [3.8, 4) is 29.0 Å².